The van der Waals surface area contributed by atoms with Gasteiger partial charge in [-0.05, 0) is 25.1 Å². The smallest absolute Gasteiger partial charge is 0.0503 e. The topological polar surface area (TPSA) is 46.2 Å². The van der Waals surface area contributed by atoms with Crippen molar-refractivity contribution in [2.24, 2.45) is 0 Å². The Morgan fingerprint density at radius 1 is 1.21 bits per heavy atom. The van der Waals surface area contributed by atoms with Crippen LogP contribution < -0.4 is 11.1 Å². The van der Waals surface area contributed by atoms with Gasteiger partial charge in [-0.25, -0.2) is 0 Å². The van der Waals surface area contributed by atoms with Crippen LogP contribution in [0.15, 0.2) is 24.3 Å². The molecular weight excluding hydrogens is 236 g/mol. The Morgan fingerprint density at radius 2 is 2.00 bits per heavy atom. The summed E-state index contributed by atoms with van der Waals surface area (Å²) in [5, 5.41) is 4.69. The van der Waals surface area contributed by atoms with Gasteiger partial charge in [0.1, 0.15) is 0 Å². The van der Waals surface area contributed by atoms with Crippen LogP contribution in [0.5, 0.6) is 0 Å². The summed E-state index contributed by atoms with van der Waals surface area (Å²) < 4.78 is 2.38. The van der Waals surface area contributed by atoms with Crippen molar-refractivity contribution < 1.29 is 0 Å². The molecule has 1 aromatic carbocycles. The van der Waals surface area contributed by atoms with E-state index in [0.29, 0.717) is 0 Å². The predicted octanol–water partition coefficient (Wildman–Crippen LogP) is 1.65. The molecule has 0 aliphatic carbocycles. The maximum atomic E-state index is 5.91. The van der Waals surface area contributed by atoms with E-state index in [0.717, 1.165) is 45.0 Å². The van der Waals surface area contributed by atoms with Gasteiger partial charge >= 0.3 is 0 Å². The fraction of sp³-hybridized carbons (Fsp3) is 0.467. The summed E-state index contributed by atoms with van der Waals surface area (Å²) in [6.45, 7) is 8.68. The van der Waals surface area contributed by atoms with Gasteiger partial charge in [0.15, 0.2) is 0 Å². The zero-order valence-corrected chi connectivity index (χ0v) is 11.5. The Bertz CT molecular complexity index is 567. The minimum Gasteiger partial charge on any atom is -0.399 e. The molecule has 0 spiro atoms. The zero-order valence-electron chi connectivity index (χ0n) is 11.5. The van der Waals surface area contributed by atoms with Crippen LogP contribution in [0.25, 0.3) is 10.9 Å². The molecule has 3 rings (SSSR count). The molecule has 4 heteroatoms. The molecule has 19 heavy (non-hydrogen) atoms. The van der Waals surface area contributed by atoms with E-state index in [4.69, 9.17) is 5.73 Å². The van der Waals surface area contributed by atoms with Crippen molar-refractivity contribution in [2.75, 3.05) is 31.9 Å². The van der Waals surface area contributed by atoms with Crippen LogP contribution in [0, 0.1) is 0 Å². The molecule has 0 atom stereocenters. The molecule has 2 aromatic rings. The molecule has 1 aromatic heterocycles. The second kappa shape index (κ2) is 5.23. The monoisotopic (exact) mass is 258 g/mol. The van der Waals surface area contributed by atoms with Gasteiger partial charge in [0.25, 0.3) is 0 Å². The lowest BCUT2D eigenvalue weighted by Crippen LogP contribution is -2.43. The minimum absolute atomic E-state index is 0.842. The molecule has 1 aliphatic heterocycles. The number of nitrogens with two attached hydrogens (primary N) is 1. The van der Waals surface area contributed by atoms with Crippen molar-refractivity contribution in [3.8, 4) is 0 Å². The lowest BCUT2D eigenvalue weighted by molar-refractivity contribution is 0.228. The SMILES string of the molecule is CCn1c(CN2CCNCC2)cc2ccc(N)cc21. The van der Waals surface area contributed by atoms with E-state index >= 15 is 0 Å². The van der Waals surface area contributed by atoms with Gasteiger partial charge in [-0.2, -0.15) is 0 Å². The van der Waals surface area contributed by atoms with Gasteiger partial charge in [0.2, 0.25) is 0 Å². The summed E-state index contributed by atoms with van der Waals surface area (Å²) in [6, 6.07) is 8.50. The molecule has 4 nitrogen and oxygen atoms in total. The number of rotatable bonds is 3. The molecule has 0 amide bonds. The van der Waals surface area contributed by atoms with E-state index in [-0.39, 0.29) is 0 Å². The first-order valence-corrected chi connectivity index (χ1v) is 7.08. The van der Waals surface area contributed by atoms with Crippen molar-refractivity contribution in [1.82, 2.24) is 14.8 Å². The number of anilines is 1. The zero-order chi connectivity index (χ0) is 13.2. The third kappa shape index (κ3) is 2.46. The van der Waals surface area contributed by atoms with Gasteiger partial charge < -0.3 is 15.6 Å². The Kier molecular flexibility index (Phi) is 3.44. The Morgan fingerprint density at radius 3 is 2.74 bits per heavy atom. The number of aryl methyl sites for hydroxylation is 1. The van der Waals surface area contributed by atoms with Gasteiger partial charge in [-0.1, -0.05) is 6.07 Å². The van der Waals surface area contributed by atoms with Crippen molar-refractivity contribution in [3.63, 3.8) is 0 Å². The Hall–Kier alpha value is -1.52. The highest BCUT2D eigenvalue weighted by Gasteiger charge is 2.14. The number of aromatic nitrogens is 1. The predicted molar refractivity (Wildman–Crippen MR) is 80.2 cm³/mol. The van der Waals surface area contributed by atoms with E-state index in [1.54, 1.807) is 0 Å². The maximum absolute atomic E-state index is 5.91. The number of piperazine rings is 1. The summed E-state index contributed by atoms with van der Waals surface area (Å²) in [5.41, 5.74) is 9.40. The first-order chi connectivity index (χ1) is 9.28. The lowest BCUT2D eigenvalue weighted by Gasteiger charge is -2.27. The fourth-order valence-corrected chi connectivity index (χ4v) is 2.93. The number of hydrogen-bond acceptors (Lipinski definition) is 3. The number of nitrogen functional groups attached to an aromatic ring is 1. The highest BCUT2D eigenvalue weighted by molar-refractivity contribution is 5.84. The standard InChI is InChI=1S/C15H22N4/c1-2-19-14(11-18-7-5-17-6-8-18)9-12-3-4-13(16)10-15(12)19/h3-4,9-10,17H,2,5-8,11,16H2,1H3. The summed E-state index contributed by atoms with van der Waals surface area (Å²) in [7, 11) is 0. The van der Waals surface area contributed by atoms with Crippen LogP contribution in [0.1, 0.15) is 12.6 Å². The van der Waals surface area contributed by atoms with Gasteiger partial charge in [0, 0.05) is 56.0 Å². The summed E-state index contributed by atoms with van der Waals surface area (Å²) >= 11 is 0. The highest BCUT2D eigenvalue weighted by atomic mass is 15.2. The molecule has 1 saturated heterocycles. The summed E-state index contributed by atoms with van der Waals surface area (Å²) in [4.78, 5) is 2.51. The van der Waals surface area contributed by atoms with Crippen LogP contribution in [0.3, 0.4) is 0 Å². The van der Waals surface area contributed by atoms with Crippen LogP contribution >= 0.6 is 0 Å². The molecule has 1 aliphatic rings. The van der Waals surface area contributed by atoms with Crippen LogP contribution in [0.2, 0.25) is 0 Å². The van der Waals surface area contributed by atoms with E-state index in [2.05, 4.69) is 39.9 Å². The van der Waals surface area contributed by atoms with E-state index in [1.807, 2.05) is 6.07 Å². The first kappa shape index (κ1) is 12.5. The van der Waals surface area contributed by atoms with E-state index in [1.165, 1.54) is 16.6 Å². The quantitative estimate of drug-likeness (QED) is 0.823. The van der Waals surface area contributed by atoms with Crippen molar-refractivity contribution in [3.05, 3.63) is 30.0 Å². The molecule has 3 N–H and O–H groups in total. The second-order valence-corrected chi connectivity index (χ2v) is 5.22. The third-order valence-electron chi connectivity index (χ3n) is 3.93. The summed E-state index contributed by atoms with van der Waals surface area (Å²) in [6.07, 6.45) is 0. The molecule has 0 bridgehead atoms. The van der Waals surface area contributed by atoms with Crippen LogP contribution in [0.4, 0.5) is 5.69 Å². The number of benzene rings is 1. The molecule has 0 saturated carbocycles. The molecule has 1 fully saturated rings. The van der Waals surface area contributed by atoms with Gasteiger partial charge in [0.05, 0.1) is 5.52 Å². The second-order valence-electron chi connectivity index (χ2n) is 5.22. The lowest BCUT2D eigenvalue weighted by atomic mass is 10.2. The van der Waals surface area contributed by atoms with Crippen molar-refractivity contribution >= 4 is 16.6 Å². The fourth-order valence-electron chi connectivity index (χ4n) is 2.93. The molecule has 0 unspecified atom stereocenters. The number of hydrogen-bond donors (Lipinski definition) is 2. The molecule has 102 valence electrons. The minimum atomic E-state index is 0.842. The van der Waals surface area contributed by atoms with Crippen molar-refractivity contribution in [1.29, 1.82) is 0 Å². The van der Waals surface area contributed by atoms with E-state index < -0.39 is 0 Å². The average Bonchev–Trinajstić information content (AvgIpc) is 2.76. The average molecular weight is 258 g/mol. The van der Waals surface area contributed by atoms with Gasteiger partial charge in [-0.3, -0.25) is 4.90 Å². The number of nitrogens with zero attached hydrogens (tertiary/aromatic N) is 2. The first-order valence-electron chi connectivity index (χ1n) is 7.08. The molecule has 0 radical (unpaired) electrons. The Labute approximate surface area is 114 Å². The molecular formula is C15H22N4. The van der Waals surface area contributed by atoms with Gasteiger partial charge in [-0.15, -0.1) is 0 Å². The maximum Gasteiger partial charge on any atom is 0.0503 e. The van der Waals surface area contributed by atoms with E-state index in [9.17, 15) is 0 Å². The Balaban J connectivity index is 1.93. The summed E-state index contributed by atoms with van der Waals surface area (Å²) in [5.74, 6) is 0. The van der Waals surface area contributed by atoms with Crippen LogP contribution in [-0.4, -0.2) is 35.6 Å². The number of fused-ring (bicyclic) bond motifs is 1. The third-order valence-corrected chi connectivity index (χ3v) is 3.93. The molecule has 2 heterocycles. The van der Waals surface area contributed by atoms with Crippen LogP contribution in [-0.2, 0) is 13.1 Å². The largest absolute Gasteiger partial charge is 0.399 e. The highest BCUT2D eigenvalue weighted by Crippen LogP contribution is 2.23. The van der Waals surface area contributed by atoms with Crippen molar-refractivity contribution in [2.45, 2.75) is 20.0 Å². The normalized spacial score (nSPS) is 17.1. The number of nitrogens with one attached hydrogen (secondary N) is 1.